The van der Waals surface area contributed by atoms with E-state index in [1.165, 1.54) is 0 Å². The minimum atomic E-state index is -0.527. The molecule has 2 heterocycles. The molecule has 0 radical (unpaired) electrons. The van der Waals surface area contributed by atoms with Crippen LogP contribution in [0.2, 0.25) is 0 Å². The highest BCUT2D eigenvalue weighted by molar-refractivity contribution is 5.70. The van der Waals surface area contributed by atoms with Crippen LogP contribution < -0.4 is 0 Å². The first kappa shape index (κ1) is 17.1. The van der Waals surface area contributed by atoms with Gasteiger partial charge in [-0.2, -0.15) is 5.26 Å². The van der Waals surface area contributed by atoms with Gasteiger partial charge in [-0.1, -0.05) is 60.7 Å². The molecule has 3 heteroatoms. The summed E-state index contributed by atoms with van der Waals surface area (Å²) in [5, 5.41) is 9.99. The minimum absolute atomic E-state index is 0.0489. The van der Waals surface area contributed by atoms with Crippen molar-refractivity contribution in [1.82, 2.24) is 4.98 Å². The van der Waals surface area contributed by atoms with Gasteiger partial charge in [0.05, 0.1) is 11.6 Å². The summed E-state index contributed by atoms with van der Waals surface area (Å²) in [6.07, 6.45) is 4.25. The van der Waals surface area contributed by atoms with E-state index in [2.05, 4.69) is 30.1 Å². The number of nitrogens with zero attached hydrogens (tertiary/aromatic N) is 2. The first-order valence-corrected chi connectivity index (χ1v) is 9.05. The predicted molar refractivity (Wildman–Crippen MR) is 105 cm³/mol. The van der Waals surface area contributed by atoms with Crippen molar-refractivity contribution in [3.63, 3.8) is 0 Å². The largest absolute Gasteiger partial charge is 0.481 e. The van der Waals surface area contributed by atoms with E-state index in [-0.39, 0.29) is 5.92 Å². The average Bonchev–Trinajstić information content (AvgIpc) is 2.75. The maximum Gasteiger partial charge on any atom is 0.142 e. The van der Waals surface area contributed by atoms with Crippen LogP contribution in [0.25, 0.3) is 5.76 Å². The van der Waals surface area contributed by atoms with Gasteiger partial charge in [-0.05, 0) is 30.2 Å². The smallest absolute Gasteiger partial charge is 0.142 e. The van der Waals surface area contributed by atoms with Gasteiger partial charge in [-0.25, -0.2) is 0 Å². The van der Waals surface area contributed by atoms with Crippen LogP contribution in [0.4, 0.5) is 0 Å². The van der Waals surface area contributed by atoms with Crippen molar-refractivity contribution in [2.24, 2.45) is 0 Å². The third-order valence-electron chi connectivity index (χ3n) is 5.16. The van der Waals surface area contributed by atoms with E-state index in [1.807, 2.05) is 60.7 Å². The first-order chi connectivity index (χ1) is 13.2. The Morgan fingerprint density at radius 2 is 1.59 bits per heavy atom. The number of nitriles is 1. The third kappa shape index (κ3) is 3.22. The number of hydrogen-bond donors (Lipinski definition) is 0. The zero-order valence-electron chi connectivity index (χ0n) is 15.2. The summed E-state index contributed by atoms with van der Waals surface area (Å²) in [5.41, 5.74) is 3.26. The van der Waals surface area contributed by atoms with Crippen molar-refractivity contribution >= 4 is 5.76 Å². The lowest BCUT2D eigenvalue weighted by molar-refractivity contribution is 0.0290. The molecule has 0 bridgehead atoms. The van der Waals surface area contributed by atoms with E-state index in [0.717, 1.165) is 16.7 Å². The van der Waals surface area contributed by atoms with Crippen molar-refractivity contribution in [1.29, 1.82) is 5.26 Å². The fourth-order valence-electron chi connectivity index (χ4n) is 3.75. The molecule has 1 aliphatic rings. The monoisotopic (exact) mass is 352 g/mol. The van der Waals surface area contributed by atoms with E-state index in [4.69, 9.17) is 4.74 Å². The normalized spacial score (nSPS) is 22.0. The summed E-state index contributed by atoms with van der Waals surface area (Å²) in [6, 6.07) is 26.5. The summed E-state index contributed by atoms with van der Waals surface area (Å²) in [5.74, 6) is 0.615. The molecule has 0 unspecified atom stereocenters. The van der Waals surface area contributed by atoms with Crippen molar-refractivity contribution in [2.75, 3.05) is 0 Å². The van der Waals surface area contributed by atoms with Gasteiger partial charge in [0.25, 0.3) is 0 Å². The van der Waals surface area contributed by atoms with E-state index in [9.17, 15) is 5.26 Å². The standard InChI is InChI=1S/C24H20N2O/c1-24(20-10-6-3-7-11-20)16-21(18-12-14-26-15-13-18)22(17-25)23(27-24)19-8-4-2-5-9-19/h2-15,21H,16H2,1H3/t21-,24+/m0/s1. The van der Waals surface area contributed by atoms with Crippen molar-refractivity contribution in [3.05, 3.63) is 107 Å². The Balaban J connectivity index is 1.90. The summed E-state index contributed by atoms with van der Waals surface area (Å²) >= 11 is 0. The maximum absolute atomic E-state index is 9.99. The molecule has 0 fully saturated rings. The van der Waals surface area contributed by atoms with Gasteiger partial charge < -0.3 is 4.74 Å². The second-order valence-electron chi connectivity index (χ2n) is 6.96. The van der Waals surface area contributed by atoms with Crippen LogP contribution in [0, 0.1) is 11.3 Å². The molecule has 1 aliphatic heterocycles. The van der Waals surface area contributed by atoms with Gasteiger partial charge in [-0.3, -0.25) is 4.98 Å². The number of pyridine rings is 1. The molecule has 2 atom stereocenters. The molecular weight excluding hydrogens is 332 g/mol. The molecule has 0 saturated heterocycles. The van der Waals surface area contributed by atoms with Crippen molar-refractivity contribution < 1.29 is 4.74 Å². The highest BCUT2D eigenvalue weighted by atomic mass is 16.5. The zero-order valence-corrected chi connectivity index (χ0v) is 15.2. The SMILES string of the molecule is C[C@]1(c2ccccc2)C[C@@H](c2ccncc2)C(C#N)=C(c2ccccc2)O1. The molecule has 0 N–H and O–H groups in total. The van der Waals surface area contributed by atoms with Crippen LogP contribution in [0.15, 0.2) is 90.8 Å². The van der Waals surface area contributed by atoms with Crippen LogP contribution in [0.5, 0.6) is 0 Å². The molecular formula is C24H20N2O. The Kier molecular flexibility index (Phi) is 4.48. The van der Waals surface area contributed by atoms with Crippen LogP contribution in [-0.2, 0) is 10.3 Å². The quantitative estimate of drug-likeness (QED) is 0.631. The fraction of sp³-hybridized carbons (Fsp3) is 0.167. The minimum Gasteiger partial charge on any atom is -0.481 e. The molecule has 0 amide bonds. The molecule has 0 aliphatic carbocycles. The molecule has 2 aromatic carbocycles. The van der Waals surface area contributed by atoms with E-state index < -0.39 is 5.60 Å². The summed E-state index contributed by atoms with van der Waals surface area (Å²) < 4.78 is 6.54. The molecule has 132 valence electrons. The Labute approximate surface area is 159 Å². The molecule has 1 aromatic heterocycles. The summed E-state index contributed by atoms with van der Waals surface area (Å²) in [7, 11) is 0. The highest BCUT2D eigenvalue weighted by Crippen LogP contribution is 2.48. The topological polar surface area (TPSA) is 45.9 Å². The highest BCUT2D eigenvalue weighted by Gasteiger charge is 2.41. The molecule has 27 heavy (non-hydrogen) atoms. The Morgan fingerprint density at radius 3 is 2.22 bits per heavy atom. The lowest BCUT2D eigenvalue weighted by atomic mass is 9.76. The van der Waals surface area contributed by atoms with Crippen LogP contribution in [0.1, 0.15) is 36.0 Å². The van der Waals surface area contributed by atoms with E-state index in [0.29, 0.717) is 17.8 Å². The van der Waals surface area contributed by atoms with Crippen LogP contribution in [0.3, 0.4) is 0 Å². The molecule has 3 aromatic rings. The lowest BCUT2D eigenvalue weighted by Gasteiger charge is -2.40. The van der Waals surface area contributed by atoms with Gasteiger partial charge in [0.15, 0.2) is 0 Å². The summed E-state index contributed by atoms with van der Waals surface area (Å²) in [4.78, 5) is 4.13. The molecule has 4 rings (SSSR count). The number of ether oxygens (including phenoxy) is 1. The molecule has 0 spiro atoms. The first-order valence-electron chi connectivity index (χ1n) is 9.05. The van der Waals surface area contributed by atoms with Gasteiger partial charge >= 0.3 is 0 Å². The second-order valence-corrected chi connectivity index (χ2v) is 6.96. The Bertz CT molecular complexity index is 991. The van der Waals surface area contributed by atoms with Gasteiger partial charge in [0, 0.05) is 30.3 Å². The van der Waals surface area contributed by atoms with E-state index in [1.54, 1.807) is 12.4 Å². The number of allylic oxidation sites excluding steroid dienone is 1. The van der Waals surface area contributed by atoms with Crippen LogP contribution >= 0.6 is 0 Å². The number of benzene rings is 2. The lowest BCUT2D eigenvalue weighted by Crippen LogP contribution is -2.33. The van der Waals surface area contributed by atoms with Crippen molar-refractivity contribution in [2.45, 2.75) is 24.9 Å². The average molecular weight is 352 g/mol. The van der Waals surface area contributed by atoms with Gasteiger partial charge in [-0.15, -0.1) is 0 Å². The maximum atomic E-state index is 9.99. The van der Waals surface area contributed by atoms with Crippen molar-refractivity contribution in [3.8, 4) is 6.07 Å². The van der Waals surface area contributed by atoms with Gasteiger partial charge in [0.1, 0.15) is 11.4 Å². The Morgan fingerprint density at radius 1 is 0.963 bits per heavy atom. The number of aromatic nitrogens is 1. The second kappa shape index (κ2) is 7.09. The number of hydrogen-bond acceptors (Lipinski definition) is 3. The van der Waals surface area contributed by atoms with Gasteiger partial charge in [0.2, 0.25) is 0 Å². The fourth-order valence-corrected chi connectivity index (χ4v) is 3.75. The van der Waals surface area contributed by atoms with E-state index >= 15 is 0 Å². The molecule has 0 saturated carbocycles. The number of rotatable bonds is 3. The van der Waals surface area contributed by atoms with Crippen LogP contribution in [-0.4, -0.2) is 4.98 Å². The molecule has 3 nitrogen and oxygen atoms in total. The zero-order chi connectivity index (χ0) is 18.7. The summed E-state index contributed by atoms with van der Waals surface area (Å²) in [6.45, 7) is 2.10. The third-order valence-corrected chi connectivity index (χ3v) is 5.16. The predicted octanol–water partition coefficient (Wildman–Crippen LogP) is 5.44. The Hall–Kier alpha value is -3.38.